The van der Waals surface area contributed by atoms with E-state index < -0.39 is 5.60 Å². The van der Waals surface area contributed by atoms with E-state index in [1.165, 1.54) is 0 Å². The van der Waals surface area contributed by atoms with Crippen LogP contribution < -0.4 is 0 Å². The molecule has 1 aromatic rings. The largest absolute Gasteiger partial charge is 0.384 e. The molecule has 0 heterocycles. The van der Waals surface area contributed by atoms with Gasteiger partial charge in [-0.1, -0.05) is 44.2 Å². The maximum Gasteiger partial charge on any atom is 0.0994 e. The Morgan fingerprint density at radius 1 is 1.26 bits per heavy atom. The summed E-state index contributed by atoms with van der Waals surface area (Å²) in [6.45, 7) is 9.39. The lowest BCUT2D eigenvalue weighted by Gasteiger charge is -2.33. The van der Waals surface area contributed by atoms with Crippen molar-refractivity contribution in [1.29, 1.82) is 0 Å². The second-order valence-corrected chi connectivity index (χ2v) is 5.76. The van der Waals surface area contributed by atoms with Gasteiger partial charge in [-0.15, -0.1) is 0 Å². The molecule has 0 fully saturated rings. The van der Waals surface area contributed by atoms with Crippen molar-refractivity contribution in [2.45, 2.75) is 26.4 Å². The highest BCUT2D eigenvalue weighted by Crippen LogP contribution is 2.21. The molecule has 0 aliphatic rings. The molecule has 1 atom stereocenters. The van der Waals surface area contributed by atoms with Crippen LogP contribution in [-0.2, 0) is 10.3 Å². The molecule has 108 valence electrons. The summed E-state index contributed by atoms with van der Waals surface area (Å²) < 4.78 is 5.15. The molecule has 0 amide bonds. The van der Waals surface area contributed by atoms with Crippen LogP contribution in [0.1, 0.15) is 26.3 Å². The zero-order valence-electron chi connectivity index (χ0n) is 12.6. The first-order chi connectivity index (χ1) is 8.95. The lowest BCUT2D eigenvalue weighted by atomic mass is 9.95. The number of hydrogen-bond acceptors (Lipinski definition) is 3. The molecule has 0 bridgehead atoms. The number of aliphatic hydroxyl groups is 1. The molecule has 3 heteroatoms. The minimum Gasteiger partial charge on any atom is -0.384 e. The number of ether oxygens (including phenoxy) is 1. The zero-order valence-corrected chi connectivity index (χ0v) is 12.6. The molecule has 3 nitrogen and oxygen atoms in total. The van der Waals surface area contributed by atoms with Gasteiger partial charge in [-0.05, 0) is 18.4 Å². The molecule has 0 aromatic heterocycles. The van der Waals surface area contributed by atoms with E-state index in [9.17, 15) is 5.11 Å². The van der Waals surface area contributed by atoms with Crippen LogP contribution >= 0.6 is 0 Å². The monoisotopic (exact) mass is 265 g/mol. The minimum absolute atomic E-state index is 0.573. The molecular weight excluding hydrogens is 238 g/mol. The number of nitrogens with zero attached hydrogens (tertiary/aromatic N) is 1. The Hall–Kier alpha value is -0.900. The van der Waals surface area contributed by atoms with Crippen molar-refractivity contribution < 1.29 is 9.84 Å². The Morgan fingerprint density at radius 3 is 2.42 bits per heavy atom. The van der Waals surface area contributed by atoms with Crippen LogP contribution in [0, 0.1) is 5.92 Å². The third-order valence-electron chi connectivity index (χ3n) is 3.16. The molecular formula is C16H27NO2. The van der Waals surface area contributed by atoms with E-state index in [1.54, 1.807) is 7.11 Å². The standard InChI is InChI=1S/C16H27NO2/c1-14(2)12-17(10-11-19-4)13-16(3,18)15-8-6-5-7-9-15/h5-9,14,18H,10-13H2,1-4H3. The highest BCUT2D eigenvalue weighted by atomic mass is 16.5. The van der Waals surface area contributed by atoms with E-state index in [0.717, 1.165) is 18.7 Å². The second kappa shape index (κ2) is 7.63. The fraction of sp³-hybridized carbons (Fsp3) is 0.625. The fourth-order valence-electron chi connectivity index (χ4n) is 2.30. The number of hydrogen-bond donors (Lipinski definition) is 1. The lowest BCUT2D eigenvalue weighted by molar-refractivity contribution is 0.00567. The Balaban J connectivity index is 2.70. The lowest BCUT2D eigenvalue weighted by Crippen LogP contribution is -2.42. The maximum atomic E-state index is 10.7. The first-order valence-corrected chi connectivity index (χ1v) is 6.95. The molecule has 0 saturated heterocycles. The Morgan fingerprint density at radius 2 is 1.89 bits per heavy atom. The van der Waals surface area contributed by atoms with Gasteiger partial charge in [0.15, 0.2) is 0 Å². The number of rotatable bonds is 8. The van der Waals surface area contributed by atoms with Crippen molar-refractivity contribution >= 4 is 0 Å². The van der Waals surface area contributed by atoms with Gasteiger partial charge in [0.1, 0.15) is 0 Å². The van der Waals surface area contributed by atoms with Crippen molar-refractivity contribution in [1.82, 2.24) is 4.90 Å². The first-order valence-electron chi connectivity index (χ1n) is 6.95. The van der Waals surface area contributed by atoms with Crippen LogP contribution in [0.15, 0.2) is 30.3 Å². The first kappa shape index (κ1) is 16.2. The smallest absolute Gasteiger partial charge is 0.0994 e. The summed E-state index contributed by atoms with van der Waals surface area (Å²) in [5, 5.41) is 10.7. The maximum absolute atomic E-state index is 10.7. The van der Waals surface area contributed by atoms with Crippen molar-refractivity contribution in [2.75, 3.05) is 33.4 Å². The van der Waals surface area contributed by atoms with E-state index in [0.29, 0.717) is 19.1 Å². The van der Waals surface area contributed by atoms with Gasteiger partial charge in [-0.2, -0.15) is 0 Å². The van der Waals surface area contributed by atoms with E-state index in [1.807, 2.05) is 37.3 Å². The zero-order chi connectivity index (χ0) is 14.3. The number of methoxy groups -OCH3 is 1. The summed E-state index contributed by atoms with van der Waals surface area (Å²) >= 11 is 0. The van der Waals surface area contributed by atoms with E-state index in [2.05, 4.69) is 18.7 Å². The average Bonchev–Trinajstić information content (AvgIpc) is 2.36. The highest BCUT2D eigenvalue weighted by Gasteiger charge is 2.26. The molecule has 1 rings (SSSR count). The van der Waals surface area contributed by atoms with E-state index in [4.69, 9.17) is 4.74 Å². The van der Waals surface area contributed by atoms with Gasteiger partial charge in [0.25, 0.3) is 0 Å². The molecule has 1 unspecified atom stereocenters. The predicted octanol–water partition coefficient (Wildman–Crippen LogP) is 2.50. The molecule has 0 radical (unpaired) electrons. The Labute approximate surface area is 117 Å². The van der Waals surface area contributed by atoms with Crippen molar-refractivity contribution in [2.24, 2.45) is 5.92 Å². The third-order valence-corrected chi connectivity index (χ3v) is 3.16. The van der Waals surface area contributed by atoms with Gasteiger partial charge in [-0.3, -0.25) is 4.90 Å². The molecule has 1 N–H and O–H groups in total. The molecule has 0 aliphatic carbocycles. The van der Waals surface area contributed by atoms with Gasteiger partial charge in [0, 0.05) is 26.7 Å². The van der Waals surface area contributed by atoms with Crippen molar-refractivity contribution in [3.05, 3.63) is 35.9 Å². The van der Waals surface area contributed by atoms with Gasteiger partial charge < -0.3 is 9.84 Å². The summed E-state index contributed by atoms with van der Waals surface area (Å²) in [6.07, 6.45) is 0. The van der Waals surface area contributed by atoms with Gasteiger partial charge in [-0.25, -0.2) is 0 Å². The van der Waals surface area contributed by atoms with Crippen LogP contribution in [0.3, 0.4) is 0 Å². The normalized spacial score (nSPS) is 14.9. The van der Waals surface area contributed by atoms with Gasteiger partial charge >= 0.3 is 0 Å². The molecule has 0 spiro atoms. The molecule has 19 heavy (non-hydrogen) atoms. The fourth-order valence-corrected chi connectivity index (χ4v) is 2.30. The van der Waals surface area contributed by atoms with Crippen LogP contribution in [0.5, 0.6) is 0 Å². The molecule has 0 aliphatic heterocycles. The summed E-state index contributed by atoms with van der Waals surface area (Å²) in [5.41, 5.74) is 0.130. The van der Waals surface area contributed by atoms with Crippen LogP contribution in [0.2, 0.25) is 0 Å². The summed E-state index contributed by atoms with van der Waals surface area (Å²) in [5.74, 6) is 0.573. The van der Waals surface area contributed by atoms with E-state index >= 15 is 0 Å². The van der Waals surface area contributed by atoms with Gasteiger partial charge in [0.2, 0.25) is 0 Å². The predicted molar refractivity (Wildman–Crippen MR) is 79.2 cm³/mol. The van der Waals surface area contributed by atoms with Crippen LogP contribution in [-0.4, -0.2) is 43.4 Å². The summed E-state index contributed by atoms with van der Waals surface area (Å²) in [4.78, 5) is 2.27. The highest BCUT2D eigenvalue weighted by molar-refractivity contribution is 5.21. The minimum atomic E-state index is -0.829. The SMILES string of the molecule is COCCN(CC(C)C)CC(C)(O)c1ccccc1. The van der Waals surface area contributed by atoms with Crippen molar-refractivity contribution in [3.8, 4) is 0 Å². The molecule has 0 saturated carbocycles. The third kappa shape index (κ3) is 5.72. The Kier molecular flexibility index (Phi) is 6.49. The quantitative estimate of drug-likeness (QED) is 0.784. The summed E-state index contributed by atoms with van der Waals surface area (Å²) in [6, 6.07) is 9.85. The Bertz CT molecular complexity index is 349. The second-order valence-electron chi connectivity index (χ2n) is 5.76. The topological polar surface area (TPSA) is 32.7 Å². The van der Waals surface area contributed by atoms with E-state index in [-0.39, 0.29) is 0 Å². The summed E-state index contributed by atoms with van der Waals surface area (Å²) in [7, 11) is 1.71. The van der Waals surface area contributed by atoms with Crippen LogP contribution in [0.25, 0.3) is 0 Å². The number of benzene rings is 1. The average molecular weight is 265 g/mol. The van der Waals surface area contributed by atoms with Crippen molar-refractivity contribution in [3.63, 3.8) is 0 Å². The molecule has 1 aromatic carbocycles. The van der Waals surface area contributed by atoms with Gasteiger partial charge in [0.05, 0.1) is 12.2 Å². The van der Waals surface area contributed by atoms with Crippen LogP contribution in [0.4, 0.5) is 0 Å².